The van der Waals surface area contributed by atoms with Crippen LogP contribution in [0.3, 0.4) is 0 Å². The van der Waals surface area contributed by atoms with E-state index in [0.29, 0.717) is 31.6 Å². The summed E-state index contributed by atoms with van der Waals surface area (Å²) < 4.78 is 28.8. The first-order chi connectivity index (χ1) is 15.5. The largest absolute Gasteiger partial charge is 0.435 e. The van der Waals surface area contributed by atoms with Gasteiger partial charge in [0.05, 0.1) is 6.54 Å². The van der Waals surface area contributed by atoms with Crippen molar-refractivity contribution >= 4 is 5.91 Å². The van der Waals surface area contributed by atoms with Gasteiger partial charge in [-0.15, -0.1) is 0 Å². The molecule has 32 heavy (non-hydrogen) atoms. The van der Waals surface area contributed by atoms with Crippen molar-refractivity contribution in [3.8, 4) is 5.75 Å². The second kappa shape index (κ2) is 11.9. The van der Waals surface area contributed by atoms with E-state index in [2.05, 4.69) is 58.0 Å². The molecule has 0 bridgehead atoms. The maximum absolute atomic E-state index is 12.5. The third-order valence-corrected chi connectivity index (χ3v) is 6.18. The predicted octanol–water partition coefficient (Wildman–Crippen LogP) is 4.10. The van der Waals surface area contributed by atoms with Gasteiger partial charge in [0.15, 0.2) is 0 Å². The fourth-order valence-corrected chi connectivity index (χ4v) is 4.28. The van der Waals surface area contributed by atoms with E-state index in [1.165, 1.54) is 17.7 Å². The number of amides is 1. The van der Waals surface area contributed by atoms with Crippen molar-refractivity contribution in [2.45, 2.75) is 45.4 Å². The van der Waals surface area contributed by atoms with Crippen LogP contribution in [0.5, 0.6) is 5.75 Å². The van der Waals surface area contributed by atoms with E-state index in [4.69, 9.17) is 0 Å². The standard InChI is InChI=1S/C25H33F2N3O2/c1-3-29(22-14-16-30(17-22)19(2)21-7-5-4-6-8-21)18-24(31)28-15-13-20-9-11-23(12-10-20)32-25(26)27/h4-12,19,22,25H,3,13-18H2,1-2H3,(H,28,31)/t19-,22-/m0/s1. The van der Waals surface area contributed by atoms with E-state index in [1.807, 2.05) is 6.07 Å². The number of nitrogens with one attached hydrogen (secondary N) is 1. The van der Waals surface area contributed by atoms with Crippen LogP contribution in [0.2, 0.25) is 0 Å². The van der Waals surface area contributed by atoms with Gasteiger partial charge in [-0.2, -0.15) is 8.78 Å². The highest BCUT2D eigenvalue weighted by molar-refractivity contribution is 5.78. The van der Waals surface area contributed by atoms with E-state index >= 15 is 0 Å². The Kier molecular flexibility index (Phi) is 9.00. The summed E-state index contributed by atoms with van der Waals surface area (Å²) in [7, 11) is 0. The lowest BCUT2D eigenvalue weighted by Gasteiger charge is -2.29. The second-order valence-electron chi connectivity index (χ2n) is 8.21. The Balaban J connectivity index is 1.42. The number of likely N-dealkylation sites (N-methyl/N-ethyl adjacent to an activating group) is 1. The van der Waals surface area contributed by atoms with E-state index in [0.717, 1.165) is 31.6 Å². The molecule has 174 valence electrons. The first-order valence-electron chi connectivity index (χ1n) is 11.3. The molecule has 1 fully saturated rings. The Morgan fingerprint density at radius 2 is 1.91 bits per heavy atom. The Bertz CT molecular complexity index is 833. The van der Waals surface area contributed by atoms with Crippen molar-refractivity contribution in [3.05, 3.63) is 65.7 Å². The molecule has 0 radical (unpaired) electrons. The highest BCUT2D eigenvalue weighted by atomic mass is 19.3. The van der Waals surface area contributed by atoms with E-state index in [1.54, 1.807) is 12.1 Å². The van der Waals surface area contributed by atoms with Crippen molar-refractivity contribution in [3.63, 3.8) is 0 Å². The molecule has 0 spiro atoms. The fourth-order valence-electron chi connectivity index (χ4n) is 4.28. The molecule has 1 aliphatic rings. The minimum Gasteiger partial charge on any atom is -0.435 e. The number of hydrogen-bond acceptors (Lipinski definition) is 4. The van der Waals surface area contributed by atoms with Gasteiger partial charge < -0.3 is 10.1 Å². The second-order valence-corrected chi connectivity index (χ2v) is 8.21. The number of halogens is 2. The number of nitrogens with zero attached hydrogens (tertiary/aromatic N) is 2. The Labute approximate surface area is 189 Å². The molecular formula is C25H33F2N3O2. The first kappa shape index (κ1) is 24.1. The van der Waals surface area contributed by atoms with E-state index in [-0.39, 0.29) is 11.7 Å². The summed E-state index contributed by atoms with van der Waals surface area (Å²) in [6, 6.07) is 17.8. The highest BCUT2D eigenvalue weighted by Gasteiger charge is 2.30. The van der Waals surface area contributed by atoms with Crippen LogP contribution in [0, 0.1) is 0 Å². The van der Waals surface area contributed by atoms with Crippen molar-refractivity contribution in [2.75, 3.05) is 32.7 Å². The number of alkyl halides is 2. The van der Waals surface area contributed by atoms with Gasteiger partial charge in [0.25, 0.3) is 0 Å². The summed E-state index contributed by atoms with van der Waals surface area (Å²) in [4.78, 5) is 17.2. The van der Waals surface area contributed by atoms with Crippen molar-refractivity contribution < 1.29 is 18.3 Å². The van der Waals surface area contributed by atoms with Crippen molar-refractivity contribution in [1.82, 2.24) is 15.1 Å². The Morgan fingerprint density at radius 3 is 2.56 bits per heavy atom. The summed E-state index contributed by atoms with van der Waals surface area (Å²) >= 11 is 0. The molecular weight excluding hydrogens is 412 g/mol. The van der Waals surface area contributed by atoms with Gasteiger partial charge in [-0.1, -0.05) is 49.4 Å². The van der Waals surface area contributed by atoms with Crippen LogP contribution in [0.25, 0.3) is 0 Å². The van der Waals surface area contributed by atoms with Gasteiger partial charge >= 0.3 is 6.61 Å². The molecule has 5 nitrogen and oxygen atoms in total. The number of hydrogen-bond donors (Lipinski definition) is 1. The molecule has 1 aliphatic heterocycles. The molecule has 1 heterocycles. The molecule has 1 N–H and O–H groups in total. The normalized spacial score (nSPS) is 17.6. The zero-order chi connectivity index (χ0) is 22.9. The van der Waals surface area contributed by atoms with Crippen LogP contribution in [-0.2, 0) is 11.2 Å². The van der Waals surface area contributed by atoms with Crippen LogP contribution in [0.15, 0.2) is 54.6 Å². The average Bonchev–Trinajstić information content (AvgIpc) is 3.28. The number of carbonyl (C=O) groups is 1. The number of ether oxygens (including phenoxy) is 1. The number of carbonyl (C=O) groups excluding carboxylic acids is 1. The zero-order valence-corrected chi connectivity index (χ0v) is 18.8. The number of likely N-dealkylation sites (tertiary alicyclic amines) is 1. The molecule has 1 amide bonds. The SMILES string of the molecule is CCN(CC(=O)NCCc1ccc(OC(F)F)cc1)[C@H]1CCN([C@@H](C)c2ccccc2)C1. The van der Waals surface area contributed by atoms with Gasteiger partial charge in [0, 0.05) is 31.7 Å². The van der Waals surface area contributed by atoms with Gasteiger partial charge in [-0.3, -0.25) is 14.6 Å². The lowest BCUT2D eigenvalue weighted by Crippen LogP contribution is -2.44. The smallest absolute Gasteiger partial charge is 0.387 e. The van der Waals surface area contributed by atoms with Crippen molar-refractivity contribution in [2.24, 2.45) is 0 Å². The third kappa shape index (κ3) is 7.00. The fraction of sp³-hybridized carbons (Fsp3) is 0.480. The van der Waals surface area contributed by atoms with E-state index in [9.17, 15) is 13.6 Å². The summed E-state index contributed by atoms with van der Waals surface area (Å²) in [6.45, 7) is 5.23. The predicted molar refractivity (Wildman–Crippen MR) is 122 cm³/mol. The molecule has 1 saturated heterocycles. The molecule has 2 atom stereocenters. The number of rotatable bonds is 11. The summed E-state index contributed by atoms with van der Waals surface area (Å²) in [5.74, 6) is 0.151. The first-order valence-corrected chi connectivity index (χ1v) is 11.3. The summed E-state index contributed by atoms with van der Waals surface area (Å²) in [6.07, 6.45) is 1.70. The molecule has 0 unspecified atom stereocenters. The quantitative estimate of drug-likeness (QED) is 0.566. The minimum absolute atomic E-state index is 0.0130. The van der Waals surface area contributed by atoms with Crippen LogP contribution in [0.1, 0.15) is 37.4 Å². The van der Waals surface area contributed by atoms with Gasteiger partial charge in [-0.25, -0.2) is 0 Å². The molecule has 0 saturated carbocycles. The topological polar surface area (TPSA) is 44.8 Å². The molecule has 2 aromatic carbocycles. The van der Waals surface area contributed by atoms with E-state index < -0.39 is 6.61 Å². The molecule has 2 aromatic rings. The molecule has 0 aliphatic carbocycles. The van der Waals surface area contributed by atoms with Crippen molar-refractivity contribution in [1.29, 1.82) is 0 Å². The van der Waals surface area contributed by atoms with Gasteiger partial charge in [0.2, 0.25) is 5.91 Å². The number of benzene rings is 2. The lowest BCUT2D eigenvalue weighted by molar-refractivity contribution is -0.122. The minimum atomic E-state index is -2.82. The maximum atomic E-state index is 12.5. The zero-order valence-electron chi connectivity index (χ0n) is 18.8. The lowest BCUT2D eigenvalue weighted by atomic mass is 10.1. The average molecular weight is 446 g/mol. The third-order valence-electron chi connectivity index (χ3n) is 6.18. The molecule has 7 heteroatoms. The highest BCUT2D eigenvalue weighted by Crippen LogP contribution is 2.26. The molecule has 0 aromatic heterocycles. The Morgan fingerprint density at radius 1 is 1.19 bits per heavy atom. The summed E-state index contributed by atoms with van der Waals surface area (Å²) in [5.41, 5.74) is 2.28. The van der Waals surface area contributed by atoms with Crippen LogP contribution >= 0.6 is 0 Å². The summed E-state index contributed by atoms with van der Waals surface area (Å²) in [5, 5.41) is 2.98. The molecule has 3 rings (SSSR count). The van der Waals surface area contributed by atoms with Gasteiger partial charge in [0.1, 0.15) is 5.75 Å². The van der Waals surface area contributed by atoms with Crippen LogP contribution in [-0.4, -0.2) is 61.1 Å². The van der Waals surface area contributed by atoms with Crippen LogP contribution < -0.4 is 10.1 Å². The monoisotopic (exact) mass is 445 g/mol. The van der Waals surface area contributed by atoms with Crippen LogP contribution in [0.4, 0.5) is 8.78 Å². The maximum Gasteiger partial charge on any atom is 0.387 e. The van der Waals surface area contributed by atoms with Gasteiger partial charge in [-0.05, 0) is 49.6 Å². The Hall–Kier alpha value is -2.51.